The lowest BCUT2D eigenvalue weighted by molar-refractivity contribution is -0.115. The Balaban J connectivity index is 1.76. The van der Waals surface area contributed by atoms with Crippen molar-refractivity contribution in [1.82, 2.24) is 15.6 Å². The Labute approximate surface area is 140 Å². The average Bonchev–Trinajstić information content (AvgIpc) is 2.57. The Morgan fingerprint density at radius 3 is 2.65 bits per heavy atom. The first-order valence-electron chi connectivity index (χ1n) is 7.06. The van der Waals surface area contributed by atoms with Gasteiger partial charge >= 0.3 is 0 Å². The smallest absolute Gasteiger partial charge is 0.243 e. The minimum absolute atomic E-state index is 0.106. The number of carbonyl (C=O) groups is 1. The molecule has 0 saturated heterocycles. The van der Waals surface area contributed by atoms with Crippen molar-refractivity contribution in [3.05, 3.63) is 59.4 Å². The lowest BCUT2D eigenvalue weighted by atomic mass is 10.2. The Kier molecular flexibility index (Phi) is 6.38. The van der Waals surface area contributed by atoms with E-state index in [1.54, 1.807) is 31.6 Å². The number of pyridine rings is 1. The van der Waals surface area contributed by atoms with E-state index in [0.717, 1.165) is 5.56 Å². The Hall–Kier alpha value is -2.60. The van der Waals surface area contributed by atoms with Crippen LogP contribution in [0.15, 0.2) is 53.8 Å². The fourth-order valence-electron chi connectivity index (χ4n) is 1.81. The van der Waals surface area contributed by atoms with Gasteiger partial charge in [-0.1, -0.05) is 23.7 Å². The van der Waals surface area contributed by atoms with Gasteiger partial charge in [0.25, 0.3) is 0 Å². The van der Waals surface area contributed by atoms with E-state index >= 15 is 0 Å². The number of nitrogens with zero attached hydrogens (tertiary/aromatic N) is 2. The summed E-state index contributed by atoms with van der Waals surface area (Å²) >= 11 is 5.85. The molecule has 1 aromatic heterocycles. The van der Waals surface area contributed by atoms with Crippen molar-refractivity contribution in [3.8, 4) is 0 Å². The molecule has 0 aliphatic heterocycles. The minimum Gasteiger partial charge on any atom is -0.352 e. The van der Waals surface area contributed by atoms with E-state index in [2.05, 4.69) is 25.9 Å². The highest BCUT2D eigenvalue weighted by atomic mass is 35.5. The van der Waals surface area contributed by atoms with Gasteiger partial charge in [-0.05, 0) is 29.8 Å². The third-order valence-corrected chi connectivity index (χ3v) is 3.21. The van der Waals surface area contributed by atoms with Crippen LogP contribution < -0.4 is 16.0 Å². The van der Waals surface area contributed by atoms with Gasteiger partial charge in [0.05, 0.1) is 18.4 Å². The van der Waals surface area contributed by atoms with E-state index in [4.69, 9.17) is 11.6 Å². The lowest BCUT2D eigenvalue weighted by Gasteiger charge is -2.12. The van der Waals surface area contributed by atoms with E-state index < -0.39 is 0 Å². The number of hydrogen-bond donors (Lipinski definition) is 3. The van der Waals surface area contributed by atoms with Crippen LogP contribution in [0.5, 0.6) is 0 Å². The molecule has 0 aliphatic carbocycles. The summed E-state index contributed by atoms with van der Waals surface area (Å²) in [5, 5.41) is 9.52. The fraction of sp³-hybridized carbons (Fsp3) is 0.188. The number of benzene rings is 1. The topological polar surface area (TPSA) is 78.4 Å². The van der Waals surface area contributed by atoms with Crippen LogP contribution in [0.2, 0.25) is 5.02 Å². The Morgan fingerprint density at radius 1 is 1.22 bits per heavy atom. The van der Waals surface area contributed by atoms with Gasteiger partial charge in [0.15, 0.2) is 5.96 Å². The maximum absolute atomic E-state index is 11.8. The molecule has 3 N–H and O–H groups in total. The Bertz CT molecular complexity index is 658. The number of anilines is 1. The van der Waals surface area contributed by atoms with Crippen LogP contribution in [0.25, 0.3) is 0 Å². The van der Waals surface area contributed by atoms with E-state index in [1.807, 2.05) is 24.3 Å². The largest absolute Gasteiger partial charge is 0.352 e. The van der Waals surface area contributed by atoms with Crippen molar-refractivity contribution < 1.29 is 4.79 Å². The number of carbonyl (C=O) groups excluding carboxylic acids is 1. The third-order valence-electron chi connectivity index (χ3n) is 2.96. The predicted molar refractivity (Wildman–Crippen MR) is 92.5 cm³/mol. The lowest BCUT2D eigenvalue weighted by Crippen LogP contribution is -2.41. The number of aromatic nitrogens is 1. The molecule has 0 unspecified atom stereocenters. The normalized spacial score (nSPS) is 11.0. The van der Waals surface area contributed by atoms with Crippen LogP contribution in [-0.4, -0.2) is 30.4 Å². The summed E-state index contributed by atoms with van der Waals surface area (Å²) in [4.78, 5) is 19.9. The molecule has 0 radical (unpaired) electrons. The van der Waals surface area contributed by atoms with E-state index in [9.17, 15) is 4.79 Å². The summed E-state index contributed by atoms with van der Waals surface area (Å²) in [5.74, 6) is 0.369. The van der Waals surface area contributed by atoms with Gasteiger partial charge < -0.3 is 16.0 Å². The molecule has 6 nitrogen and oxygen atoms in total. The number of guanidine groups is 1. The van der Waals surface area contributed by atoms with Crippen LogP contribution in [0.4, 0.5) is 5.69 Å². The maximum Gasteiger partial charge on any atom is 0.243 e. The van der Waals surface area contributed by atoms with Gasteiger partial charge in [0.1, 0.15) is 0 Å². The molecule has 0 atom stereocenters. The van der Waals surface area contributed by atoms with Gasteiger partial charge in [0, 0.05) is 24.8 Å². The molecule has 2 aromatic rings. The van der Waals surface area contributed by atoms with Crippen LogP contribution in [0.3, 0.4) is 0 Å². The number of nitrogens with one attached hydrogen (secondary N) is 3. The van der Waals surface area contributed by atoms with Crippen molar-refractivity contribution in [1.29, 1.82) is 0 Å². The highest BCUT2D eigenvalue weighted by Gasteiger charge is 2.04. The van der Waals surface area contributed by atoms with Gasteiger partial charge in [-0.2, -0.15) is 0 Å². The van der Waals surface area contributed by atoms with Gasteiger partial charge in [-0.3, -0.25) is 14.8 Å². The zero-order valence-corrected chi connectivity index (χ0v) is 13.5. The quantitative estimate of drug-likeness (QED) is 0.578. The summed E-state index contributed by atoms with van der Waals surface area (Å²) in [7, 11) is 1.65. The number of amides is 1. The molecular weight excluding hydrogens is 314 g/mol. The van der Waals surface area contributed by atoms with Crippen molar-refractivity contribution in [2.75, 3.05) is 18.9 Å². The number of halogens is 1. The zero-order chi connectivity index (χ0) is 16.5. The molecule has 1 amide bonds. The molecule has 0 saturated carbocycles. The second kappa shape index (κ2) is 8.75. The van der Waals surface area contributed by atoms with Gasteiger partial charge in [0.2, 0.25) is 5.91 Å². The maximum atomic E-state index is 11.8. The highest BCUT2D eigenvalue weighted by molar-refractivity contribution is 6.30. The SMILES string of the molecule is CN=C(NCC(=O)Nc1cccnc1)NCc1ccc(Cl)cc1. The number of hydrogen-bond acceptors (Lipinski definition) is 3. The molecule has 1 heterocycles. The van der Waals surface area contributed by atoms with Crippen LogP contribution in [-0.2, 0) is 11.3 Å². The van der Waals surface area contributed by atoms with Gasteiger partial charge in [-0.15, -0.1) is 0 Å². The molecular formula is C16H18ClN5O. The van der Waals surface area contributed by atoms with Crippen LogP contribution >= 0.6 is 11.6 Å². The first-order chi connectivity index (χ1) is 11.2. The zero-order valence-electron chi connectivity index (χ0n) is 12.7. The fourth-order valence-corrected chi connectivity index (χ4v) is 1.94. The monoisotopic (exact) mass is 331 g/mol. The molecule has 1 aromatic carbocycles. The van der Waals surface area contributed by atoms with E-state index in [0.29, 0.717) is 23.2 Å². The molecule has 0 fully saturated rings. The van der Waals surface area contributed by atoms with E-state index in [1.165, 1.54) is 0 Å². The summed E-state index contributed by atoms with van der Waals surface area (Å²) in [6.45, 7) is 0.691. The first-order valence-corrected chi connectivity index (χ1v) is 7.44. The van der Waals surface area contributed by atoms with Gasteiger partial charge in [-0.25, -0.2) is 0 Å². The highest BCUT2D eigenvalue weighted by Crippen LogP contribution is 2.09. The summed E-state index contributed by atoms with van der Waals surface area (Å²) in [6, 6.07) is 11.1. The van der Waals surface area contributed by atoms with Crippen molar-refractivity contribution >= 4 is 29.2 Å². The molecule has 0 spiro atoms. The molecule has 0 bridgehead atoms. The standard InChI is InChI=1S/C16H18ClN5O/c1-18-16(20-9-12-4-6-13(17)7-5-12)21-11-15(23)22-14-3-2-8-19-10-14/h2-8,10H,9,11H2,1H3,(H,22,23)(H2,18,20,21). The number of rotatable bonds is 5. The third kappa shape index (κ3) is 5.96. The Morgan fingerprint density at radius 2 is 2.00 bits per heavy atom. The van der Waals surface area contributed by atoms with E-state index in [-0.39, 0.29) is 12.5 Å². The average molecular weight is 332 g/mol. The summed E-state index contributed by atoms with van der Waals surface area (Å²) in [5.41, 5.74) is 1.72. The molecule has 0 aliphatic rings. The first kappa shape index (κ1) is 16.8. The predicted octanol–water partition coefficient (Wildman–Crippen LogP) is 2.04. The summed E-state index contributed by atoms with van der Waals surface area (Å²) in [6.07, 6.45) is 3.24. The molecule has 7 heteroatoms. The van der Waals surface area contributed by atoms with Crippen molar-refractivity contribution in [2.24, 2.45) is 4.99 Å². The second-order valence-corrected chi connectivity index (χ2v) is 5.13. The van der Waals surface area contributed by atoms with Crippen molar-refractivity contribution in [2.45, 2.75) is 6.54 Å². The van der Waals surface area contributed by atoms with Crippen LogP contribution in [0, 0.1) is 0 Å². The van der Waals surface area contributed by atoms with Crippen molar-refractivity contribution in [3.63, 3.8) is 0 Å². The molecule has 23 heavy (non-hydrogen) atoms. The number of aliphatic imine (C=N–C) groups is 1. The minimum atomic E-state index is -0.174. The van der Waals surface area contributed by atoms with Crippen LogP contribution in [0.1, 0.15) is 5.56 Å². The summed E-state index contributed by atoms with van der Waals surface area (Å²) < 4.78 is 0. The molecule has 2 rings (SSSR count). The molecule has 120 valence electrons. The second-order valence-electron chi connectivity index (χ2n) is 4.70.